The summed E-state index contributed by atoms with van der Waals surface area (Å²) in [5, 5.41) is 3.13. The zero-order valence-corrected chi connectivity index (χ0v) is 13.7. The van der Waals surface area contributed by atoms with Crippen LogP contribution in [0.4, 0.5) is 5.69 Å². The van der Waals surface area contributed by atoms with Crippen LogP contribution in [0.25, 0.3) is 0 Å². The normalized spacial score (nSPS) is 13.1. The second-order valence-electron chi connectivity index (χ2n) is 4.94. The minimum absolute atomic E-state index is 0.0570. The molecule has 1 rings (SSSR count). The molecule has 22 heavy (non-hydrogen) atoms. The van der Waals surface area contributed by atoms with Gasteiger partial charge in [-0.25, -0.2) is 4.79 Å². The molecule has 0 saturated heterocycles. The maximum atomic E-state index is 12.2. The van der Waals surface area contributed by atoms with E-state index < -0.39 is 17.9 Å². The van der Waals surface area contributed by atoms with Gasteiger partial charge in [-0.1, -0.05) is 13.8 Å². The van der Waals surface area contributed by atoms with Crippen LogP contribution in [-0.4, -0.2) is 31.5 Å². The molecule has 1 N–H and O–H groups in total. The van der Waals surface area contributed by atoms with Gasteiger partial charge in [0, 0.05) is 18.0 Å². The average molecular weight is 307 g/mol. The Morgan fingerprint density at radius 3 is 2.23 bits per heavy atom. The van der Waals surface area contributed by atoms with E-state index in [-0.39, 0.29) is 12.4 Å². The maximum absolute atomic E-state index is 12.2. The van der Waals surface area contributed by atoms with Crippen molar-refractivity contribution >= 4 is 17.4 Å². The van der Waals surface area contributed by atoms with E-state index in [0.29, 0.717) is 12.8 Å². The van der Waals surface area contributed by atoms with Crippen molar-refractivity contribution < 1.29 is 19.1 Å². The number of hydrogen-bond donors (Lipinski definition) is 1. The lowest BCUT2D eigenvalue weighted by Gasteiger charge is -2.25. The summed E-state index contributed by atoms with van der Waals surface area (Å²) in [4.78, 5) is 24.3. The molecule has 5 nitrogen and oxygen atoms in total. The molecular formula is C17H25NO4. The zero-order valence-electron chi connectivity index (χ0n) is 13.7. The molecule has 0 aliphatic heterocycles. The Balaban J connectivity index is 2.97. The van der Waals surface area contributed by atoms with Crippen LogP contribution >= 0.6 is 0 Å². The lowest BCUT2D eigenvalue weighted by atomic mass is 9.90. The summed E-state index contributed by atoms with van der Waals surface area (Å²) in [6.45, 7) is 5.75. The molecule has 0 bridgehead atoms. The SMILES string of the molecule is CCOC(=O)[C@@H](Nc1ccc(OC)cc1)[C@@H](CC)C(=O)CC. The number of ether oxygens (including phenoxy) is 2. The number of nitrogens with one attached hydrogen (secondary N) is 1. The molecular weight excluding hydrogens is 282 g/mol. The van der Waals surface area contributed by atoms with E-state index in [0.717, 1.165) is 11.4 Å². The Labute approximate surface area is 132 Å². The Morgan fingerprint density at radius 1 is 1.14 bits per heavy atom. The van der Waals surface area contributed by atoms with Crippen molar-refractivity contribution in [2.45, 2.75) is 39.7 Å². The fourth-order valence-corrected chi connectivity index (χ4v) is 2.33. The Bertz CT molecular complexity index is 484. The van der Waals surface area contributed by atoms with E-state index in [2.05, 4.69) is 5.32 Å². The highest BCUT2D eigenvalue weighted by molar-refractivity contribution is 5.90. The molecule has 0 aliphatic carbocycles. The van der Waals surface area contributed by atoms with Crippen molar-refractivity contribution in [3.8, 4) is 5.75 Å². The predicted octanol–water partition coefficient (Wildman–Crippen LogP) is 3.04. The van der Waals surface area contributed by atoms with Gasteiger partial charge in [-0.15, -0.1) is 0 Å². The first kappa shape index (κ1) is 18.0. The van der Waals surface area contributed by atoms with E-state index in [9.17, 15) is 9.59 Å². The number of anilines is 1. The van der Waals surface area contributed by atoms with Crippen LogP contribution in [0, 0.1) is 5.92 Å². The molecule has 0 saturated carbocycles. The number of ketones is 1. The van der Waals surface area contributed by atoms with Gasteiger partial charge in [0.1, 0.15) is 17.6 Å². The van der Waals surface area contributed by atoms with Crippen LogP contribution in [0.15, 0.2) is 24.3 Å². The van der Waals surface area contributed by atoms with Crippen LogP contribution in [0.5, 0.6) is 5.75 Å². The number of carbonyl (C=O) groups is 2. The monoisotopic (exact) mass is 307 g/mol. The van der Waals surface area contributed by atoms with Gasteiger partial charge in [-0.05, 0) is 37.6 Å². The van der Waals surface area contributed by atoms with Crippen LogP contribution < -0.4 is 10.1 Å². The standard InChI is InChI=1S/C17H25NO4/c1-5-14(15(19)6-2)16(17(20)22-7-3)18-12-8-10-13(21-4)11-9-12/h8-11,14,16,18H,5-7H2,1-4H3/t14-,16-/m0/s1. The lowest BCUT2D eigenvalue weighted by Crippen LogP contribution is -2.41. The van der Waals surface area contributed by atoms with E-state index in [1.807, 2.05) is 19.1 Å². The number of esters is 1. The second kappa shape index (κ2) is 9.07. The van der Waals surface area contributed by atoms with Crippen LogP contribution in [0.1, 0.15) is 33.6 Å². The van der Waals surface area contributed by atoms with E-state index in [1.54, 1.807) is 33.1 Å². The van der Waals surface area contributed by atoms with E-state index in [1.165, 1.54) is 0 Å². The molecule has 0 fully saturated rings. The number of Topliss-reactive ketones (excluding diaryl/α,β-unsaturated/α-hetero) is 1. The van der Waals surface area contributed by atoms with Crippen molar-refractivity contribution in [1.82, 2.24) is 0 Å². The molecule has 1 aromatic carbocycles. The molecule has 1 aromatic rings. The third kappa shape index (κ3) is 4.76. The second-order valence-corrected chi connectivity index (χ2v) is 4.94. The molecule has 0 unspecified atom stereocenters. The Kier molecular flexibility index (Phi) is 7.43. The summed E-state index contributed by atoms with van der Waals surface area (Å²) in [7, 11) is 1.59. The van der Waals surface area contributed by atoms with Crippen molar-refractivity contribution in [3.05, 3.63) is 24.3 Å². The fourth-order valence-electron chi connectivity index (χ4n) is 2.33. The van der Waals surface area contributed by atoms with Crippen LogP contribution in [0.3, 0.4) is 0 Å². The number of methoxy groups -OCH3 is 1. The first-order valence-corrected chi connectivity index (χ1v) is 7.67. The van der Waals surface area contributed by atoms with E-state index >= 15 is 0 Å². The molecule has 5 heteroatoms. The maximum Gasteiger partial charge on any atom is 0.329 e. The Morgan fingerprint density at radius 2 is 1.77 bits per heavy atom. The smallest absolute Gasteiger partial charge is 0.329 e. The molecule has 0 spiro atoms. The molecule has 122 valence electrons. The highest BCUT2D eigenvalue weighted by atomic mass is 16.5. The van der Waals surface area contributed by atoms with Crippen molar-refractivity contribution in [2.24, 2.45) is 5.92 Å². The number of benzene rings is 1. The first-order valence-electron chi connectivity index (χ1n) is 7.67. The first-order chi connectivity index (χ1) is 10.6. The Hall–Kier alpha value is -2.04. The van der Waals surface area contributed by atoms with Gasteiger partial charge in [0.25, 0.3) is 0 Å². The number of rotatable bonds is 9. The van der Waals surface area contributed by atoms with Gasteiger partial charge in [-0.2, -0.15) is 0 Å². The highest BCUT2D eigenvalue weighted by Crippen LogP contribution is 2.21. The summed E-state index contributed by atoms with van der Waals surface area (Å²) in [6, 6.07) is 6.55. The summed E-state index contributed by atoms with van der Waals surface area (Å²) >= 11 is 0. The third-order valence-electron chi connectivity index (χ3n) is 3.56. The highest BCUT2D eigenvalue weighted by Gasteiger charge is 2.32. The molecule has 0 radical (unpaired) electrons. The van der Waals surface area contributed by atoms with Gasteiger partial charge in [0.2, 0.25) is 0 Å². The van der Waals surface area contributed by atoms with Gasteiger partial charge < -0.3 is 14.8 Å². The van der Waals surface area contributed by atoms with Gasteiger partial charge in [0.05, 0.1) is 13.7 Å². The zero-order chi connectivity index (χ0) is 16.5. The lowest BCUT2D eigenvalue weighted by molar-refractivity contribution is -0.147. The largest absolute Gasteiger partial charge is 0.497 e. The molecule has 0 aliphatic rings. The molecule has 0 aromatic heterocycles. The predicted molar refractivity (Wildman–Crippen MR) is 86.1 cm³/mol. The van der Waals surface area contributed by atoms with Gasteiger partial charge >= 0.3 is 5.97 Å². The molecule has 0 heterocycles. The topological polar surface area (TPSA) is 64.6 Å². The molecule has 2 atom stereocenters. The van der Waals surface area contributed by atoms with Crippen LogP contribution in [-0.2, 0) is 14.3 Å². The minimum atomic E-state index is -0.675. The van der Waals surface area contributed by atoms with Crippen molar-refractivity contribution in [3.63, 3.8) is 0 Å². The average Bonchev–Trinajstić information content (AvgIpc) is 2.55. The van der Waals surface area contributed by atoms with Gasteiger partial charge in [0.15, 0.2) is 0 Å². The quantitative estimate of drug-likeness (QED) is 0.710. The minimum Gasteiger partial charge on any atom is -0.497 e. The van der Waals surface area contributed by atoms with Crippen molar-refractivity contribution in [1.29, 1.82) is 0 Å². The summed E-state index contributed by atoms with van der Waals surface area (Å²) in [6.07, 6.45) is 0.984. The van der Waals surface area contributed by atoms with Gasteiger partial charge in [-0.3, -0.25) is 4.79 Å². The van der Waals surface area contributed by atoms with Crippen molar-refractivity contribution in [2.75, 3.05) is 19.0 Å². The number of hydrogen-bond acceptors (Lipinski definition) is 5. The fraction of sp³-hybridized carbons (Fsp3) is 0.529. The molecule has 0 amide bonds. The van der Waals surface area contributed by atoms with E-state index in [4.69, 9.17) is 9.47 Å². The third-order valence-corrected chi connectivity index (χ3v) is 3.56. The summed E-state index contributed by atoms with van der Waals surface area (Å²) in [5.74, 6) is -0.00500. The number of carbonyl (C=O) groups excluding carboxylic acids is 2. The summed E-state index contributed by atoms with van der Waals surface area (Å²) < 4.78 is 10.2. The summed E-state index contributed by atoms with van der Waals surface area (Å²) in [5.41, 5.74) is 0.751. The van der Waals surface area contributed by atoms with Crippen LogP contribution in [0.2, 0.25) is 0 Å².